The van der Waals surface area contributed by atoms with Gasteiger partial charge >= 0.3 is 0 Å². The van der Waals surface area contributed by atoms with E-state index in [9.17, 15) is 9.59 Å². The number of carbonyl (C=O) groups excluding carboxylic acids is 2. The Hall–Kier alpha value is -3.68. The van der Waals surface area contributed by atoms with E-state index >= 15 is 0 Å². The molecule has 2 unspecified atom stereocenters. The van der Waals surface area contributed by atoms with Gasteiger partial charge in [0.25, 0.3) is 0 Å². The summed E-state index contributed by atoms with van der Waals surface area (Å²) in [5, 5.41) is 3.87. The molecule has 1 fully saturated rings. The molecule has 1 aliphatic rings. The Morgan fingerprint density at radius 3 is 2.53 bits per heavy atom. The van der Waals surface area contributed by atoms with Crippen molar-refractivity contribution in [3.05, 3.63) is 48.2 Å². The number of para-hydroxylation sites is 1. The quantitative estimate of drug-likeness (QED) is 0.605. The minimum atomic E-state index is -0.461. The molecule has 168 valence electrons. The van der Waals surface area contributed by atoms with Gasteiger partial charge in [0.05, 0.1) is 33.3 Å². The van der Waals surface area contributed by atoms with Crippen molar-refractivity contribution in [2.45, 2.75) is 19.4 Å². The third-order valence-electron chi connectivity index (χ3n) is 5.71. The number of methoxy groups -OCH3 is 3. The second-order valence-corrected chi connectivity index (χ2v) is 7.70. The highest BCUT2D eigenvalue weighted by Gasteiger charge is 2.36. The zero-order valence-electron chi connectivity index (χ0n) is 18.5. The van der Waals surface area contributed by atoms with Gasteiger partial charge in [0.2, 0.25) is 11.8 Å². The van der Waals surface area contributed by atoms with Crippen LogP contribution in [0.2, 0.25) is 0 Å². The van der Waals surface area contributed by atoms with Crippen LogP contribution < -0.4 is 24.4 Å². The smallest absolute Gasteiger partial charge is 0.227 e. The van der Waals surface area contributed by atoms with Gasteiger partial charge in [-0.05, 0) is 31.2 Å². The highest BCUT2D eigenvalue weighted by molar-refractivity contribution is 6.00. The number of carbonyl (C=O) groups is 2. The Labute approximate surface area is 186 Å². The summed E-state index contributed by atoms with van der Waals surface area (Å²) in [6.07, 6.45) is 0.140. The van der Waals surface area contributed by atoms with E-state index < -0.39 is 5.92 Å². The molecule has 4 rings (SSSR count). The Kier molecular flexibility index (Phi) is 5.94. The van der Waals surface area contributed by atoms with Crippen LogP contribution in [0.3, 0.4) is 0 Å². The van der Waals surface area contributed by atoms with E-state index in [1.54, 1.807) is 44.4 Å². The predicted octanol–water partition coefficient (Wildman–Crippen LogP) is 3.69. The van der Waals surface area contributed by atoms with E-state index in [2.05, 4.69) is 5.32 Å². The lowest BCUT2D eigenvalue weighted by Gasteiger charge is -2.19. The van der Waals surface area contributed by atoms with Gasteiger partial charge < -0.3 is 28.8 Å². The number of nitrogens with zero attached hydrogens (tertiary/aromatic N) is 1. The minimum Gasteiger partial charge on any atom is -0.493 e. The molecule has 0 spiro atoms. The van der Waals surface area contributed by atoms with Crippen LogP contribution in [0.15, 0.2) is 46.9 Å². The molecule has 0 radical (unpaired) electrons. The fourth-order valence-corrected chi connectivity index (χ4v) is 3.96. The van der Waals surface area contributed by atoms with Gasteiger partial charge in [-0.3, -0.25) is 9.59 Å². The van der Waals surface area contributed by atoms with Gasteiger partial charge in [-0.15, -0.1) is 0 Å². The van der Waals surface area contributed by atoms with Gasteiger partial charge in [0, 0.05) is 30.1 Å². The van der Waals surface area contributed by atoms with Gasteiger partial charge in [-0.2, -0.15) is 0 Å². The fraction of sp³-hybridized carbons (Fsp3) is 0.333. The van der Waals surface area contributed by atoms with E-state index in [0.717, 1.165) is 5.39 Å². The van der Waals surface area contributed by atoms with Crippen LogP contribution in [0.5, 0.6) is 17.2 Å². The summed E-state index contributed by atoms with van der Waals surface area (Å²) >= 11 is 0. The van der Waals surface area contributed by atoms with Crippen LogP contribution in [-0.2, 0) is 9.59 Å². The maximum absolute atomic E-state index is 12.9. The minimum absolute atomic E-state index is 0.113. The molecule has 1 saturated heterocycles. The molecule has 1 aliphatic heterocycles. The lowest BCUT2D eigenvalue weighted by Crippen LogP contribution is -2.34. The largest absolute Gasteiger partial charge is 0.493 e. The van der Waals surface area contributed by atoms with Crippen LogP contribution >= 0.6 is 0 Å². The van der Waals surface area contributed by atoms with Crippen molar-refractivity contribution >= 4 is 28.5 Å². The van der Waals surface area contributed by atoms with E-state index in [1.807, 2.05) is 31.2 Å². The van der Waals surface area contributed by atoms with Crippen molar-refractivity contribution < 1.29 is 28.2 Å². The van der Waals surface area contributed by atoms with Crippen molar-refractivity contribution in [2.75, 3.05) is 32.8 Å². The van der Waals surface area contributed by atoms with Crippen LogP contribution in [0.4, 0.5) is 5.69 Å². The zero-order chi connectivity index (χ0) is 22.8. The maximum Gasteiger partial charge on any atom is 0.227 e. The van der Waals surface area contributed by atoms with Gasteiger partial charge in [0.15, 0.2) is 22.8 Å². The molecule has 0 saturated carbocycles. The van der Waals surface area contributed by atoms with Crippen LogP contribution in [0.25, 0.3) is 11.0 Å². The first-order valence-corrected chi connectivity index (χ1v) is 10.3. The van der Waals surface area contributed by atoms with Crippen LogP contribution in [0.1, 0.15) is 25.1 Å². The van der Waals surface area contributed by atoms with Crippen molar-refractivity contribution in [1.82, 2.24) is 5.32 Å². The Balaban J connectivity index is 1.46. The summed E-state index contributed by atoms with van der Waals surface area (Å²) in [5.41, 5.74) is 1.31. The summed E-state index contributed by atoms with van der Waals surface area (Å²) in [6.45, 7) is 2.14. The summed E-state index contributed by atoms with van der Waals surface area (Å²) in [6, 6.07) is 12.4. The molecular weight excluding hydrogens is 412 g/mol. The highest BCUT2D eigenvalue weighted by atomic mass is 16.5. The molecule has 32 heavy (non-hydrogen) atoms. The molecule has 2 amide bonds. The molecule has 1 N–H and O–H groups in total. The van der Waals surface area contributed by atoms with E-state index in [4.69, 9.17) is 18.6 Å². The molecule has 3 aromatic rings. The lowest BCUT2D eigenvalue weighted by molar-refractivity contribution is -0.127. The Morgan fingerprint density at radius 2 is 1.81 bits per heavy atom. The SMILES string of the molecule is COc1ccc(N2CC(C(=O)NC(C)c3cc4cccc(OC)c4o3)CC2=O)cc1OC. The Bertz CT molecular complexity index is 1150. The molecule has 8 heteroatoms. The van der Waals surface area contributed by atoms with Gasteiger partial charge in [-0.25, -0.2) is 0 Å². The van der Waals surface area contributed by atoms with E-state index in [1.165, 1.54) is 0 Å². The molecule has 8 nitrogen and oxygen atoms in total. The molecule has 2 atom stereocenters. The number of nitrogens with one attached hydrogen (secondary N) is 1. The summed E-state index contributed by atoms with van der Waals surface area (Å²) in [5.74, 6) is 1.60. The van der Waals surface area contributed by atoms with Gasteiger partial charge in [-0.1, -0.05) is 12.1 Å². The number of fused-ring (bicyclic) bond motifs is 1. The number of anilines is 1. The average molecular weight is 438 g/mol. The van der Waals surface area contributed by atoms with E-state index in [0.29, 0.717) is 40.8 Å². The molecule has 2 heterocycles. The number of ether oxygens (including phenoxy) is 3. The van der Waals surface area contributed by atoms with Crippen LogP contribution in [0, 0.1) is 5.92 Å². The lowest BCUT2D eigenvalue weighted by atomic mass is 10.1. The number of hydrogen-bond acceptors (Lipinski definition) is 6. The highest BCUT2D eigenvalue weighted by Crippen LogP contribution is 2.35. The number of amides is 2. The van der Waals surface area contributed by atoms with Crippen molar-refractivity contribution in [1.29, 1.82) is 0 Å². The first kappa shape index (κ1) is 21.5. The first-order valence-electron chi connectivity index (χ1n) is 10.3. The number of furan rings is 1. The third kappa shape index (κ3) is 3.95. The summed E-state index contributed by atoms with van der Waals surface area (Å²) < 4.78 is 21.9. The monoisotopic (exact) mass is 438 g/mol. The molecule has 2 aromatic carbocycles. The standard InChI is InChI=1S/C24H26N2O6/c1-14(20-10-15-6-5-7-19(30-3)23(15)32-20)25-24(28)16-11-22(27)26(13-16)17-8-9-18(29-2)21(12-17)31-4/h5-10,12,14,16H,11,13H2,1-4H3,(H,25,28). The topological polar surface area (TPSA) is 90.2 Å². The normalized spacial score (nSPS) is 16.8. The number of rotatable bonds is 7. The molecule has 0 aliphatic carbocycles. The predicted molar refractivity (Wildman–Crippen MR) is 119 cm³/mol. The van der Waals surface area contributed by atoms with Gasteiger partial charge in [0.1, 0.15) is 5.76 Å². The summed E-state index contributed by atoms with van der Waals surface area (Å²) in [7, 11) is 4.68. The first-order chi connectivity index (χ1) is 15.4. The van der Waals surface area contributed by atoms with E-state index in [-0.39, 0.29) is 24.3 Å². The van der Waals surface area contributed by atoms with Crippen molar-refractivity contribution in [3.8, 4) is 17.2 Å². The number of benzene rings is 2. The number of hydrogen-bond donors (Lipinski definition) is 1. The molecular formula is C24H26N2O6. The zero-order valence-corrected chi connectivity index (χ0v) is 18.5. The van der Waals surface area contributed by atoms with Crippen molar-refractivity contribution in [3.63, 3.8) is 0 Å². The Morgan fingerprint density at radius 1 is 1.06 bits per heavy atom. The average Bonchev–Trinajstić information content (AvgIpc) is 3.42. The fourth-order valence-electron chi connectivity index (χ4n) is 3.96. The second kappa shape index (κ2) is 8.82. The summed E-state index contributed by atoms with van der Waals surface area (Å²) in [4.78, 5) is 27.1. The van der Waals surface area contributed by atoms with Crippen LogP contribution in [-0.4, -0.2) is 39.7 Å². The van der Waals surface area contributed by atoms with Crippen molar-refractivity contribution in [2.24, 2.45) is 5.92 Å². The molecule has 1 aromatic heterocycles. The third-order valence-corrected chi connectivity index (χ3v) is 5.71. The second-order valence-electron chi connectivity index (χ2n) is 7.70. The maximum atomic E-state index is 12.9. The molecule has 0 bridgehead atoms.